The van der Waals surface area contributed by atoms with Crippen LogP contribution >= 0.6 is 0 Å². The summed E-state index contributed by atoms with van der Waals surface area (Å²) < 4.78 is 5.69. The summed E-state index contributed by atoms with van der Waals surface area (Å²) in [5.74, 6) is 2.60. The Labute approximate surface area is 160 Å². The molecule has 0 fully saturated rings. The first-order chi connectivity index (χ1) is 13.2. The highest BCUT2D eigenvalue weighted by atomic mass is 16.5. The SMILES string of the molecule is CC(C)Oc1ccc(Nc2cc(N3CCc4ccccc4C3)ncn2)cc1. The van der Waals surface area contributed by atoms with Gasteiger partial charge in [-0.15, -0.1) is 0 Å². The standard InChI is InChI=1S/C22H24N4O/c1-16(2)27-20-9-7-19(8-10-20)25-21-13-22(24-15-23-21)26-12-11-17-5-3-4-6-18(17)14-26/h3-10,13,15-16H,11-12,14H2,1-2H3,(H,23,24,25). The highest BCUT2D eigenvalue weighted by Crippen LogP contribution is 2.25. The van der Waals surface area contributed by atoms with Crippen LogP contribution in [0.15, 0.2) is 60.9 Å². The maximum atomic E-state index is 5.69. The Kier molecular flexibility index (Phi) is 4.92. The van der Waals surface area contributed by atoms with E-state index in [9.17, 15) is 0 Å². The summed E-state index contributed by atoms with van der Waals surface area (Å²) in [6, 6.07) is 18.5. The van der Waals surface area contributed by atoms with Crippen molar-refractivity contribution < 1.29 is 4.74 Å². The van der Waals surface area contributed by atoms with Gasteiger partial charge in [0.1, 0.15) is 23.7 Å². The van der Waals surface area contributed by atoms with E-state index in [1.807, 2.05) is 44.2 Å². The zero-order valence-electron chi connectivity index (χ0n) is 15.7. The molecule has 0 radical (unpaired) electrons. The van der Waals surface area contributed by atoms with Crippen LogP contribution in [-0.4, -0.2) is 22.6 Å². The molecule has 2 aromatic carbocycles. The molecule has 2 heterocycles. The summed E-state index contributed by atoms with van der Waals surface area (Å²) in [4.78, 5) is 11.1. The fourth-order valence-electron chi connectivity index (χ4n) is 3.32. The third-order valence-electron chi connectivity index (χ3n) is 4.61. The van der Waals surface area contributed by atoms with Crippen LogP contribution < -0.4 is 15.0 Å². The van der Waals surface area contributed by atoms with Crippen LogP contribution in [-0.2, 0) is 13.0 Å². The minimum absolute atomic E-state index is 0.169. The van der Waals surface area contributed by atoms with Crippen LogP contribution in [0.3, 0.4) is 0 Å². The number of nitrogens with one attached hydrogen (secondary N) is 1. The van der Waals surface area contributed by atoms with Crippen molar-refractivity contribution in [2.24, 2.45) is 0 Å². The average Bonchev–Trinajstić information content (AvgIpc) is 2.69. The second-order valence-electron chi connectivity index (χ2n) is 7.02. The second-order valence-corrected chi connectivity index (χ2v) is 7.02. The van der Waals surface area contributed by atoms with Crippen molar-refractivity contribution in [1.82, 2.24) is 9.97 Å². The molecule has 138 valence electrons. The molecule has 3 aromatic rings. The molecule has 1 aliphatic heterocycles. The van der Waals surface area contributed by atoms with E-state index in [1.165, 1.54) is 11.1 Å². The molecule has 5 heteroatoms. The highest BCUT2D eigenvalue weighted by Gasteiger charge is 2.17. The van der Waals surface area contributed by atoms with E-state index < -0.39 is 0 Å². The quantitative estimate of drug-likeness (QED) is 0.722. The van der Waals surface area contributed by atoms with Crippen LogP contribution in [0.1, 0.15) is 25.0 Å². The van der Waals surface area contributed by atoms with E-state index in [-0.39, 0.29) is 6.10 Å². The summed E-state index contributed by atoms with van der Waals surface area (Å²) in [5, 5.41) is 3.35. The lowest BCUT2D eigenvalue weighted by Gasteiger charge is -2.29. The van der Waals surface area contributed by atoms with Gasteiger partial charge in [0.2, 0.25) is 0 Å². The maximum absolute atomic E-state index is 5.69. The Hall–Kier alpha value is -3.08. The van der Waals surface area contributed by atoms with Gasteiger partial charge in [0, 0.05) is 24.8 Å². The van der Waals surface area contributed by atoms with Crippen molar-refractivity contribution in [2.45, 2.75) is 32.9 Å². The summed E-state index contributed by atoms with van der Waals surface area (Å²) >= 11 is 0. The van der Waals surface area contributed by atoms with Crippen molar-refractivity contribution in [3.63, 3.8) is 0 Å². The number of aromatic nitrogens is 2. The Balaban J connectivity index is 1.47. The Morgan fingerprint density at radius 2 is 1.78 bits per heavy atom. The first-order valence-corrected chi connectivity index (χ1v) is 9.35. The predicted octanol–water partition coefficient (Wildman–Crippen LogP) is 4.57. The number of rotatable bonds is 5. The van der Waals surface area contributed by atoms with Gasteiger partial charge >= 0.3 is 0 Å². The van der Waals surface area contributed by atoms with Crippen LogP contribution in [0.25, 0.3) is 0 Å². The fourth-order valence-corrected chi connectivity index (χ4v) is 3.32. The molecule has 4 rings (SSSR count). The number of hydrogen-bond donors (Lipinski definition) is 1. The van der Waals surface area contributed by atoms with Crippen molar-refractivity contribution in [3.05, 3.63) is 72.1 Å². The lowest BCUT2D eigenvalue weighted by molar-refractivity contribution is 0.242. The third kappa shape index (κ3) is 4.19. The molecule has 0 saturated carbocycles. The van der Waals surface area contributed by atoms with Gasteiger partial charge in [-0.25, -0.2) is 9.97 Å². The molecule has 5 nitrogen and oxygen atoms in total. The molecule has 1 N–H and O–H groups in total. The van der Waals surface area contributed by atoms with E-state index in [2.05, 4.69) is 44.5 Å². The van der Waals surface area contributed by atoms with Gasteiger partial charge in [0.25, 0.3) is 0 Å². The predicted molar refractivity (Wildman–Crippen MR) is 109 cm³/mol. The van der Waals surface area contributed by atoms with E-state index >= 15 is 0 Å². The zero-order valence-corrected chi connectivity index (χ0v) is 15.7. The number of anilines is 3. The fraction of sp³-hybridized carbons (Fsp3) is 0.273. The average molecular weight is 360 g/mol. The van der Waals surface area contributed by atoms with Crippen molar-refractivity contribution in [1.29, 1.82) is 0 Å². The lowest BCUT2D eigenvalue weighted by Crippen LogP contribution is -2.31. The van der Waals surface area contributed by atoms with E-state index in [4.69, 9.17) is 4.74 Å². The molecule has 0 spiro atoms. The Morgan fingerprint density at radius 3 is 2.56 bits per heavy atom. The number of hydrogen-bond acceptors (Lipinski definition) is 5. The topological polar surface area (TPSA) is 50.3 Å². The van der Waals surface area contributed by atoms with E-state index in [0.29, 0.717) is 0 Å². The number of benzene rings is 2. The highest BCUT2D eigenvalue weighted by molar-refractivity contribution is 5.60. The first-order valence-electron chi connectivity index (χ1n) is 9.35. The molecule has 0 atom stereocenters. The maximum Gasteiger partial charge on any atom is 0.135 e. The summed E-state index contributed by atoms with van der Waals surface area (Å²) in [6.45, 7) is 5.89. The smallest absolute Gasteiger partial charge is 0.135 e. The van der Waals surface area contributed by atoms with Gasteiger partial charge in [0.15, 0.2) is 0 Å². The molecule has 0 saturated heterocycles. The monoisotopic (exact) mass is 360 g/mol. The van der Waals surface area contributed by atoms with Gasteiger partial charge in [-0.1, -0.05) is 24.3 Å². The lowest BCUT2D eigenvalue weighted by atomic mass is 10.00. The number of fused-ring (bicyclic) bond motifs is 1. The van der Waals surface area contributed by atoms with E-state index in [0.717, 1.165) is 42.6 Å². The second kappa shape index (κ2) is 7.66. The molecule has 0 unspecified atom stereocenters. The van der Waals surface area contributed by atoms with E-state index in [1.54, 1.807) is 6.33 Å². The van der Waals surface area contributed by atoms with Gasteiger partial charge in [-0.2, -0.15) is 0 Å². The van der Waals surface area contributed by atoms with Crippen molar-refractivity contribution >= 4 is 17.3 Å². The molecule has 0 bridgehead atoms. The van der Waals surface area contributed by atoms with Crippen LogP contribution in [0.5, 0.6) is 5.75 Å². The molecular weight excluding hydrogens is 336 g/mol. The minimum Gasteiger partial charge on any atom is -0.491 e. The van der Waals surface area contributed by atoms with Gasteiger partial charge in [-0.05, 0) is 55.7 Å². The van der Waals surface area contributed by atoms with Crippen LogP contribution in [0, 0.1) is 0 Å². The van der Waals surface area contributed by atoms with Gasteiger partial charge in [-0.3, -0.25) is 0 Å². The van der Waals surface area contributed by atoms with Crippen LogP contribution in [0.4, 0.5) is 17.3 Å². The minimum atomic E-state index is 0.169. The zero-order chi connectivity index (χ0) is 18.6. The molecular formula is C22H24N4O. The van der Waals surface area contributed by atoms with Crippen LogP contribution in [0.2, 0.25) is 0 Å². The molecule has 0 aliphatic carbocycles. The number of nitrogens with zero attached hydrogens (tertiary/aromatic N) is 3. The summed E-state index contributed by atoms with van der Waals surface area (Å²) in [5.41, 5.74) is 3.78. The van der Waals surface area contributed by atoms with Crippen molar-refractivity contribution in [2.75, 3.05) is 16.8 Å². The largest absolute Gasteiger partial charge is 0.491 e. The summed E-state index contributed by atoms with van der Waals surface area (Å²) in [6.07, 6.45) is 2.83. The molecule has 27 heavy (non-hydrogen) atoms. The third-order valence-corrected chi connectivity index (χ3v) is 4.61. The van der Waals surface area contributed by atoms with Gasteiger partial charge < -0.3 is 15.0 Å². The molecule has 0 amide bonds. The van der Waals surface area contributed by atoms with Gasteiger partial charge in [0.05, 0.1) is 6.10 Å². The Bertz CT molecular complexity index is 908. The molecule has 1 aliphatic rings. The summed E-state index contributed by atoms with van der Waals surface area (Å²) in [7, 11) is 0. The number of ether oxygens (including phenoxy) is 1. The first kappa shape index (κ1) is 17.3. The van der Waals surface area contributed by atoms with Crippen molar-refractivity contribution in [3.8, 4) is 5.75 Å². The molecule has 1 aromatic heterocycles. The Morgan fingerprint density at radius 1 is 1.00 bits per heavy atom. The normalized spacial score (nSPS) is 13.4.